The number of aryl methyl sites for hydroxylation is 2. The van der Waals surface area contributed by atoms with E-state index >= 15 is 0 Å². The standard InChI is InChI=1S/C25H33N5O2/c1-18-23(19(2)30(28-18)17-7-16-26)14-15-24(31)27-21-12-10-20(11-13-21)25(32)29(3)22-8-5-4-6-9-22/h10-13,22H,4-9,14-15,17H2,1-3H3,(H,27,31). The lowest BCUT2D eigenvalue weighted by molar-refractivity contribution is -0.116. The van der Waals surface area contributed by atoms with Gasteiger partial charge in [-0.2, -0.15) is 10.4 Å². The Morgan fingerprint density at radius 2 is 1.88 bits per heavy atom. The highest BCUT2D eigenvalue weighted by atomic mass is 16.2. The van der Waals surface area contributed by atoms with Gasteiger partial charge in [-0.05, 0) is 62.9 Å². The minimum atomic E-state index is -0.0769. The fourth-order valence-corrected chi connectivity index (χ4v) is 4.47. The molecule has 1 heterocycles. The first-order valence-corrected chi connectivity index (χ1v) is 11.5. The van der Waals surface area contributed by atoms with Gasteiger partial charge in [0.25, 0.3) is 5.91 Å². The van der Waals surface area contributed by atoms with Crippen molar-refractivity contribution in [3.8, 4) is 6.07 Å². The maximum Gasteiger partial charge on any atom is 0.253 e. The number of aromatic nitrogens is 2. The van der Waals surface area contributed by atoms with Crippen molar-refractivity contribution in [2.24, 2.45) is 0 Å². The summed E-state index contributed by atoms with van der Waals surface area (Å²) in [5, 5.41) is 16.2. The molecule has 32 heavy (non-hydrogen) atoms. The van der Waals surface area contributed by atoms with Gasteiger partial charge < -0.3 is 10.2 Å². The van der Waals surface area contributed by atoms with Crippen LogP contribution >= 0.6 is 0 Å². The third-order valence-corrected chi connectivity index (χ3v) is 6.43. The number of nitrogens with zero attached hydrogens (tertiary/aromatic N) is 4. The second kappa shape index (κ2) is 10.9. The highest BCUT2D eigenvalue weighted by Crippen LogP contribution is 2.23. The molecule has 0 aliphatic heterocycles. The molecule has 7 heteroatoms. The van der Waals surface area contributed by atoms with E-state index in [0.29, 0.717) is 43.1 Å². The first kappa shape index (κ1) is 23.5. The zero-order valence-corrected chi connectivity index (χ0v) is 19.4. The van der Waals surface area contributed by atoms with Crippen LogP contribution in [0.3, 0.4) is 0 Å². The summed E-state index contributed by atoms with van der Waals surface area (Å²) in [6.07, 6.45) is 7.14. The minimum absolute atomic E-state index is 0.0362. The smallest absolute Gasteiger partial charge is 0.253 e. The molecule has 0 spiro atoms. The Labute approximate surface area is 190 Å². The lowest BCUT2D eigenvalue weighted by atomic mass is 9.94. The molecule has 1 saturated carbocycles. The third-order valence-electron chi connectivity index (χ3n) is 6.43. The van der Waals surface area contributed by atoms with Crippen molar-refractivity contribution in [1.29, 1.82) is 5.26 Å². The van der Waals surface area contributed by atoms with Crippen LogP contribution in [0.2, 0.25) is 0 Å². The molecule has 0 radical (unpaired) electrons. The van der Waals surface area contributed by atoms with Crippen molar-refractivity contribution in [3.05, 3.63) is 46.8 Å². The average Bonchev–Trinajstić information content (AvgIpc) is 3.08. The van der Waals surface area contributed by atoms with Crippen LogP contribution in [-0.4, -0.2) is 39.6 Å². The predicted octanol–water partition coefficient (Wildman–Crippen LogP) is 4.39. The van der Waals surface area contributed by atoms with Gasteiger partial charge in [0, 0.05) is 36.5 Å². The first-order chi connectivity index (χ1) is 15.4. The summed E-state index contributed by atoms with van der Waals surface area (Å²) in [5.41, 5.74) is 4.30. The molecule has 1 aromatic carbocycles. The number of amides is 2. The van der Waals surface area contributed by atoms with Gasteiger partial charge in [-0.1, -0.05) is 19.3 Å². The Hall–Kier alpha value is -3.14. The Balaban J connectivity index is 1.53. The van der Waals surface area contributed by atoms with Crippen LogP contribution < -0.4 is 5.32 Å². The molecule has 1 aromatic heterocycles. The molecule has 1 N–H and O–H groups in total. The van der Waals surface area contributed by atoms with Crippen molar-refractivity contribution in [3.63, 3.8) is 0 Å². The van der Waals surface area contributed by atoms with Crippen molar-refractivity contribution in [2.45, 2.75) is 77.8 Å². The Morgan fingerprint density at radius 1 is 1.19 bits per heavy atom. The molecule has 170 valence electrons. The summed E-state index contributed by atoms with van der Waals surface area (Å²) in [4.78, 5) is 27.1. The number of nitriles is 1. The van der Waals surface area contributed by atoms with Gasteiger partial charge >= 0.3 is 0 Å². The number of rotatable bonds is 8. The maximum absolute atomic E-state index is 12.8. The lowest BCUT2D eigenvalue weighted by Gasteiger charge is -2.31. The van der Waals surface area contributed by atoms with Gasteiger partial charge in [0.2, 0.25) is 5.91 Å². The number of anilines is 1. The number of benzene rings is 1. The van der Waals surface area contributed by atoms with E-state index in [9.17, 15) is 9.59 Å². The molecule has 1 fully saturated rings. The van der Waals surface area contributed by atoms with Crippen LogP contribution in [0.5, 0.6) is 0 Å². The van der Waals surface area contributed by atoms with Crippen molar-refractivity contribution >= 4 is 17.5 Å². The summed E-state index contributed by atoms with van der Waals surface area (Å²) in [6, 6.07) is 9.60. The summed E-state index contributed by atoms with van der Waals surface area (Å²) < 4.78 is 1.84. The van der Waals surface area contributed by atoms with Crippen LogP contribution in [0.15, 0.2) is 24.3 Å². The molecular weight excluding hydrogens is 402 g/mol. The monoisotopic (exact) mass is 435 g/mol. The van der Waals surface area contributed by atoms with E-state index in [-0.39, 0.29) is 11.8 Å². The van der Waals surface area contributed by atoms with Crippen molar-refractivity contribution in [2.75, 3.05) is 12.4 Å². The zero-order chi connectivity index (χ0) is 23.1. The van der Waals surface area contributed by atoms with E-state index in [1.54, 1.807) is 24.3 Å². The van der Waals surface area contributed by atoms with Crippen molar-refractivity contribution < 1.29 is 9.59 Å². The van der Waals surface area contributed by atoms with Crippen LogP contribution in [0, 0.1) is 25.2 Å². The molecule has 0 saturated heterocycles. The van der Waals surface area contributed by atoms with E-state index in [1.807, 2.05) is 30.5 Å². The number of hydrogen-bond donors (Lipinski definition) is 1. The van der Waals surface area contributed by atoms with Crippen molar-refractivity contribution in [1.82, 2.24) is 14.7 Å². The van der Waals surface area contributed by atoms with E-state index in [1.165, 1.54) is 19.3 Å². The molecule has 0 bridgehead atoms. The van der Waals surface area contributed by atoms with E-state index < -0.39 is 0 Å². The molecule has 1 aliphatic rings. The fourth-order valence-electron chi connectivity index (χ4n) is 4.47. The van der Waals surface area contributed by atoms with Crippen LogP contribution in [0.25, 0.3) is 0 Å². The predicted molar refractivity (Wildman–Crippen MR) is 124 cm³/mol. The summed E-state index contributed by atoms with van der Waals surface area (Å²) in [5.74, 6) is -0.0406. The fraction of sp³-hybridized carbons (Fsp3) is 0.520. The zero-order valence-electron chi connectivity index (χ0n) is 19.4. The molecule has 0 atom stereocenters. The van der Waals surface area contributed by atoms with Gasteiger partial charge in [-0.15, -0.1) is 0 Å². The largest absolute Gasteiger partial charge is 0.339 e. The summed E-state index contributed by atoms with van der Waals surface area (Å²) >= 11 is 0. The Kier molecular flexibility index (Phi) is 8.04. The average molecular weight is 436 g/mol. The van der Waals surface area contributed by atoms with Gasteiger partial charge in [0.05, 0.1) is 24.7 Å². The molecule has 2 aromatic rings. The number of carbonyl (C=O) groups excluding carboxylic acids is 2. The SMILES string of the molecule is Cc1nn(CCC#N)c(C)c1CCC(=O)Nc1ccc(C(=O)N(C)C2CCCCC2)cc1. The van der Waals surface area contributed by atoms with Gasteiger partial charge in [-0.25, -0.2) is 0 Å². The molecular formula is C25H33N5O2. The van der Waals surface area contributed by atoms with Crippen LogP contribution in [0.4, 0.5) is 5.69 Å². The minimum Gasteiger partial charge on any atom is -0.339 e. The maximum atomic E-state index is 12.8. The molecule has 1 aliphatic carbocycles. The van der Waals surface area contributed by atoms with Gasteiger partial charge in [0.15, 0.2) is 0 Å². The highest BCUT2D eigenvalue weighted by Gasteiger charge is 2.23. The van der Waals surface area contributed by atoms with Gasteiger partial charge in [0.1, 0.15) is 0 Å². The second-order valence-electron chi connectivity index (χ2n) is 8.61. The molecule has 7 nitrogen and oxygen atoms in total. The quantitative estimate of drug-likeness (QED) is 0.666. The highest BCUT2D eigenvalue weighted by molar-refractivity contribution is 5.96. The summed E-state index contributed by atoms with van der Waals surface area (Å²) in [6.45, 7) is 4.48. The second-order valence-corrected chi connectivity index (χ2v) is 8.61. The van der Waals surface area contributed by atoms with Crippen LogP contribution in [-0.2, 0) is 17.8 Å². The van der Waals surface area contributed by atoms with Gasteiger partial charge in [-0.3, -0.25) is 14.3 Å². The number of carbonyl (C=O) groups is 2. The lowest BCUT2D eigenvalue weighted by Crippen LogP contribution is -2.38. The summed E-state index contributed by atoms with van der Waals surface area (Å²) in [7, 11) is 1.89. The number of hydrogen-bond acceptors (Lipinski definition) is 4. The third kappa shape index (κ3) is 5.76. The Morgan fingerprint density at radius 3 is 2.53 bits per heavy atom. The number of nitrogens with one attached hydrogen (secondary N) is 1. The normalized spacial score (nSPS) is 14.1. The first-order valence-electron chi connectivity index (χ1n) is 11.5. The molecule has 2 amide bonds. The van der Waals surface area contributed by atoms with E-state index in [0.717, 1.165) is 29.8 Å². The Bertz CT molecular complexity index is 981. The topological polar surface area (TPSA) is 91.0 Å². The van der Waals surface area contributed by atoms with E-state index in [2.05, 4.69) is 16.5 Å². The van der Waals surface area contributed by atoms with Crippen LogP contribution in [0.1, 0.15) is 72.3 Å². The van der Waals surface area contributed by atoms with E-state index in [4.69, 9.17) is 5.26 Å². The molecule has 0 unspecified atom stereocenters. The molecule has 3 rings (SSSR count).